The van der Waals surface area contributed by atoms with E-state index in [-0.39, 0.29) is 12.8 Å². The first-order valence-corrected chi connectivity index (χ1v) is 12.2. The van der Waals surface area contributed by atoms with Crippen LogP contribution in [0, 0.1) is 11.8 Å². The molecule has 2 rings (SSSR count). The number of primary amides is 1. The zero-order chi connectivity index (χ0) is 25.0. The van der Waals surface area contributed by atoms with E-state index in [9.17, 15) is 22.8 Å². The van der Waals surface area contributed by atoms with Crippen LogP contribution in [0.2, 0.25) is 0 Å². The molecule has 0 saturated carbocycles. The molecule has 4 atom stereocenters. The zero-order valence-corrected chi connectivity index (χ0v) is 20.5. The summed E-state index contributed by atoms with van der Waals surface area (Å²) in [7, 11) is 0. The second kappa shape index (κ2) is 11.0. The first-order chi connectivity index (χ1) is 15.4. The van der Waals surface area contributed by atoms with Gasteiger partial charge in [0.25, 0.3) is 0 Å². The molecule has 1 heterocycles. The number of hydrogen-bond acceptors (Lipinski definition) is 3. The average molecular weight is 469 g/mol. The van der Waals surface area contributed by atoms with E-state index in [1.807, 2.05) is 13.8 Å². The highest BCUT2D eigenvalue weighted by atomic mass is 19.4. The Morgan fingerprint density at radius 3 is 1.94 bits per heavy atom. The summed E-state index contributed by atoms with van der Waals surface area (Å²) >= 11 is 0. The fraction of sp³-hybridized carbons (Fsp3) is 0.692. The van der Waals surface area contributed by atoms with Crippen molar-refractivity contribution >= 4 is 11.7 Å². The first-order valence-electron chi connectivity index (χ1n) is 12.2. The van der Waals surface area contributed by atoms with Gasteiger partial charge in [0, 0.05) is 17.9 Å². The van der Waals surface area contributed by atoms with Gasteiger partial charge in [0.1, 0.15) is 17.4 Å². The van der Waals surface area contributed by atoms with Crippen molar-refractivity contribution in [2.24, 2.45) is 17.6 Å². The second-order valence-electron chi connectivity index (χ2n) is 9.76. The molecule has 0 radical (unpaired) electrons. The molecule has 4 nitrogen and oxygen atoms in total. The number of alkyl halides is 3. The molecule has 4 unspecified atom stereocenters. The number of carbonyl (C=O) groups excluding carboxylic acids is 2. The third-order valence-electron chi connectivity index (χ3n) is 7.24. The van der Waals surface area contributed by atoms with E-state index in [4.69, 9.17) is 5.73 Å². The molecule has 1 amide bonds. The SMILES string of the molecule is CCCCC(CCCC)(C(N)=O)N1C(C)C(c2ccccc2)C(C(=O)C(C)C)C1C(F)(F)F. The molecule has 1 aromatic carbocycles. The molecule has 1 fully saturated rings. The van der Waals surface area contributed by atoms with Gasteiger partial charge in [0.05, 0.1) is 5.92 Å². The first kappa shape index (κ1) is 27.4. The van der Waals surface area contributed by atoms with Crippen LogP contribution in [0.5, 0.6) is 0 Å². The van der Waals surface area contributed by atoms with Crippen molar-refractivity contribution in [1.82, 2.24) is 4.90 Å². The fourth-order valence-electron chi connectivity index (χ4n) is 5.69. The highest BCUT2D eigenvalue weighted by Crippen LogP contribution is 2.53. The largest absolute Gasteiger partial charge is 0.404 e. The van der Waals surface area contributed by atoms with Gasteiger partial charge in [0.2, 0.25) is 5.91 Å². The van der Waals surface area contributed by atoms with Crippen LogP contribution in [-0.2, 0) is 9.59 Å². The molecule has 0 aromatic heterocycles. The third kappa shape index (κ3) is 5.44. The van der Waals surface area contributed by atoms with Crippen molar-refractivity contribution in [2.75, 3.05) is 0 Å². The number of amides is 1. The summed E-state index contributed by atoms with van der Waals surface area (Å²) in [6.07, 6.45) is -1.56. The number of nitrogens with two attached hydrogens (primary N) is 1. The number of unbranched alkanes of at least 4 members (excludes halogenated alkanes) is 2. The maximum absolute atomic E-state index is 14.8. The molecule has 1 saturated heterocycles. The van der Waals surface area contributed by atoms with Crippen LogP contribution >= 0.6 is 0 Å². The molecular weight excluding hydrogens is 429 g/mol. The van der Waals surface area contributed by atoms with E-state index in [0.717, 1.165) is 12.8 Å². The fourth-order valence-corrected chi connectivity index (χ4v) is 5.69. The summed E-state index contributed by atoms with van der Waals surface area (Å²) in [5, 5.41) is 0. The number of Topliss-reactive ketones (excluding diaryl/α,β-unsaturated/α-hetero) is 1. The van der Waals surface area contributed by atoms with Gasteiger partial charge in [0.15, 0.2) is 0 Å². The number of ketones is 1. The second-order valence-corrected chi connectivity index (χ2v) is 9.76. The van der Waals surface area contributed by atoms with Crippen molar-refractivity contribution in [3.8, 4) is 0 Å². The van der Waals surface area contributed by atoms with Crippen molar-refractivity contribution in [3.63, 3.8) is 0 Å². The van der Waals surface area contributed by atoms with Crippen molar-refractivity contribution in [3.05, 3.63) is 35.9 Å². The third-order valence-corrected chi connectivity index (χ3v) is 7.24. The summed E-state index contributed by atoms with van der Waals surface area (Å²) < 4.78 is 44.5. The Kier molecular flexibility index (Phi) is 9.14. The predicted octanol–water partition coefficient (Wildman–Crippen LogP) is 5.85. The van der Waals surface area contributed by atoms with E-state index >= 15 is 0 Å². The standard InChI is InChI=1S/C26H39F3N2O2/c1-6-8-15-25(24(30)33,16-9-7-2)31-18(5)20(19-13-11-10-12-14-19)21(22(32)17(3)4)23(31)26(27,28)29/h10-14,17-18,20-21,23H,6-9,15-16H2,1-5H3,(H2,30,33). The topological polar surface area (TPSA) is 63.4 Å². The Labute approximate surface area is 196 Å². The zero-order valence-electron chi connectivity index (χ0n) is 20.5. The number of halogens is 3. The van der Waals surface area contributed by atoms with E-state index < -0.39 is 53.2 Å². The molecule has 1 aliphatic rings. The van der Waals surface area contributed by atoms with Gasteiger partial charge in [-0.25, -0.2) is 0 Å². The molecular formula is C26H39F3N2O2. The Morgan fingerprint density at radius 1 is 1.03 bits per heavy atom. The number of hydrogen-bond donors (Lipinski definition) is 1. The minimum Gasteiger partial charge on any atom is -0.368 e. The van der Waals surface area contributed by atoms with Gasteiger partial charge in [-0.05, 0) is 25.3 Å². The van der Waals surface area contributed by atoms with Gasteiger partial charge >= 0.3 is 6.18 Å². The van der Waals surface area contributed by atoms with Gasteiger partial charge in [-0.3, -0.25) is 14.5 Å². The molecule has 7 heteroatoms. The summed E-state index contributed by atoms with van der Waals surface area (Å²) in [5.74, 6) is -3.70. The number of benzene rings is 1. The van der Waals surface area contributed by atoms with Crippen LogP contribution in [0.1, 0.15) is 84.6 Å². The van der Waals surface area contributed by atoms with E-state index in [2.05, 4.69) is 0 Å². The van der Waals surface area contributed by atoms with Crippen LogP contribution in [0.25, 0.3) is 0 Å². The number of carbonyl (C=O) groups is 2. The van der Waals surface area contributed by atoms with Gasteiger partial charge in [-0.2, -0.15) is 13.2 Å². The molecule has 1 aromatic rings. The van der Waals surface area contributed by atoms with E-state index in [1.165, 1.54) is 4.90 Å². The van der Waals surface area contributed by atoms with Crippen LogP contribution in [0.15, 0.2) is 30.3 Å². The molecule has 186 valence electrons. The monoisotopic (exact) mass is 468 g/mol. The predicted molar refractivity (Wildman–Crippen MR) is 125 cm³/mol. The van der Waals surface area contributed by atoms with Crippen molar-refractivity contribution in [2.45, 2.75) is 103 Å². The lowest BCUT2D eigenvalue weighted by molar-refractivity contribution is -0.206. The number of likely N-dealkylation sites (tertiary alicyclic amines) is 1. The van der Waals surface area contributed by atoms with Crippen LogP contribution in [-0.4, -0.2) is 40.4 Å². The Morgan fingerprint density at radius 2 is 1.55 bits per heavy atom. The lowest BCUT2D eigenvalue weighted by Gasteiger charge is -2.46. The highest BCUT2D eigenvalue weighted by Gasteiger charge is 2.66. The van der Waals surface area contributed by atoms with Crippen LogP contribution in [0.4, 0.5) is 13.2 Å². The Balaban J connectivity index is 2.81. The minimum absolute atomic E-state index is 0.250. The summed E-state index contributed by atoms with van der Waals surface area (Å²) in [6.45, 7) is 8.89. The van der Waals surface area contributed by atoms with Crippen LogP contribution < -0.4 is 5.73 Å². The number of rotatable bonds is 11. The molecule has 1 aliphatic heterocycles. The summed E-state index contributed by atoms with van der Waals surface area (Å²) in [6, 6.07) is 6.17. The number of nitrogens with zero attached hydrogens (tertiary/aromatic N) is 1. The summed E-state index contributed by atoms with van der Waals surface area (Å²) in [4.78, 5) is 27.7. The maximum Gasteiger partial charge on any atom is 0.404 e. The van der Waals surface area contributed by atoms with Gasteiger partial charge in [-0.15, -0.1) is 0 Å². The molecule has 0 spiro atoms. The van der Waals surface area contributed by atoms with Crippen molar-refractivity contribution in [1.29, 1.82) is 0 Å². The molecule has 2 N–H and O–H groups in total. The highest BCUT2D eigenvalue weighted by molar-refractivity contribution is 5.87. The minimum atomic E-state index is -4.69. The average Bonchev–Trinajstić information content (AvgIpc) is 3.07. The lowest BCUT2D eigenvalue weighted by atomic mass is 9.77. The molecule has 33 heavy (non-hydrogen) atoms. The Hall–Kier alpha value is -1.89. The normalized spacial score (nSPS) is 24.4. The lowest BCUT2D eigenvalue weighted by Crippen LogP contribution is -2.64. The van der Waals surface area contributed by atoms with Gasteiger partial charge in [-0.1, -0.05) is 83.7 Å². The quantitative estimate of drug-likeness (QED) is 0.443. The smallest absolute Gasteiger partial charge is 0.368 e. The maximum atomic E-state index is 14.8. The van der Waals surface area contributed by atoms with Gasteiger partial charge < -0.3 is 5.73 Å². The summed E-state index contributed by atoms with van der Waals surface area (Å²) in [5.41, 5.74) is 5.16. The van der Waals surface area contributed by atoms with E-state index in [1.54, 1.807) is 51.1 Å². The van der Waals surface area contributed by atoms with E-state index in [0.29, 0.717) is 18.4 Å². The van der Waals surface area contributed by atoms with Crippen molar-refractivity contribution < 1.29 is 22.8 Å². The molecule has 0 bridgehead atoms. The van der Waals surface area contributed by atoms with Crippen LogP contribution in [0.3, 0.4) is 0 Å². The Bertz CT molecular complexity index is 786. The molecule has 0 aliphatic carbocycles.